The molecule has 2 rings (SSSR count). The number of para-hydroxylation sites is 1. The molecule has 0 N–H and O–H groups in total. The third-order valence-corrected chi connectivity index (χ3v) is 2.08. The Balaban J connectivity index is 2.05. The van der Waals surface area contributed by atoms with Crippen molar-refractivity contribution in [2.75, 3.05) is 0 Å². The molecule has 0 aromatic heterocycles. The van der Waals surface area contributed by atoms with E-state index in [1.54, 1.807) is 0 Å². The maximum atomic E-state index is 5.71. The average molecular weight is 185 g/mol. The van der Waals surface area contributed by atoms with Crippen molar-refractivity contribution in [1.29, 1.82) is 0 Å². The van der Waals surface area contributed by atoms with Gasteiger partial charge >= 0.3 is 0 Å². The van der Waals surface area contributed by atoms with Gasteiger partial charge < -0.3 is 4.74 Å². The van der Waals surface area contributed by atoms with Gasteiger partial charge in [-0.15, -0.1) is 0 Å². The number of allylic oxidation sites excluding steroid dienone is 3. The molecule has 1 radical (unpaired) electrons. The molecule has 0 unspecified atom stereocenters. The van der Waals surface area contributed by atoms with Gasteiger partial charge in [0.2, 0.25) is 0 Å². The van der Waals surface area contributed by atoms with E-state index in [0.29, 0.717) is 0 Å². The molecule has 0 aliphatic heterocycles. The summed E-state index contributed by atoms with van der Waals surface area (Å²) in [7, 11) is 0. The van der Waals surface area contributed by atoms with Crippen LogP contribution >= 0.6 is 0 Å². The fraction of sp³-hybridized carbons (Fsp3) is 0.154. The second-order valence-electron chi connectivity index (χ2n) is 3.38. The zero-order valence-electron chi connectivity index (χ0n) is 8.23. The summed E-state index contributed by atoms with van der Waals surface area (Å²) >= 11 is 0. The lowest BCUT2D eigenvalue weighted by atomic mass is 10.0. The number of hydrogen-bond donors (Lipinski definition) is 0. The second kappa shape index (κ2) is 4.14. The summed E-state index contributed by atoms with van der Waals surface area (Å²) < 4.78 is 5.71. The van der Waals surface area contributed by atoms with Crippen LogP contribution in [0.4, 0.5) is 0 Å². The van der Waals surface area contributed by atoms with E-state index in [1.165, 1.54) is 5.92 Å². The number of ether oxygens (including phenoxy) is 1. The van der Waals surface area contributed by atoms with Crippen molar-refractivity contribution in [3.05, 3.63) is 60.2 Å². The van der Waals surface area contributed by atoms with Crippen molar-refractivity contribution in [3.63, 3.8) is 0 Å². The summed E-state index contributed by atoms with van der Waals surface area (Å²) in [5, 5.41) is 0. The van der Waals surface area contributed by atoms with Crippen LogP contribution in [0.5, 0.6) is 5.75 Å². The van der Waals surface area contributed by atoms with Crippen LogP contribution in [0.3, 0.4) is 0 Å². The van der Waals surface area contributed by atoms with Crippen LogP contribution in [-0.4, -0.2) is 0 Å². The van der Waals surface area contributed by atoms with Crippen molar-refractivity contribution in [2.45, 2.75) is 13.3 Å². The minimum Gasteiger partial charge on any atom is -0.462 e. The Morgan fingerprint density at radius 2 is 1.93 bits per heavy atom. The van der Waals surface area contributed by atoms with E-state index in [0.717, 1.165) is 17.9 Å². The van der Waals surface area contributed by atoms with Gasteiger partial charge in [-0.05, 0) is 18.2 Å². The quantitative estimate of drug-likeness (QED) is 0.685. The van der Waals surface area contributed by atoms with E-state index < -0.39 is 0 Å². The average Bonchev–Trinajstić information content (AvgIpc) is 2.19. The monoisotopic (exact) mass is 185 g/mol. The Hall–Kier alpha value is -1.50. The molecule has 1 aromatic rings. The summed E-state index contributed by atoms with van der Waals surface area (Å²) in [5.41, 5.74) is 0. The van der Waals surface area contributed by atoms with Gasteiger partial charge in [0.15, 0.2) is 0 Å². The number of hydrogen-bond acceptors (Lipinski definition) is 1. The number of rotatable bonds is 2. The third-order valence-electron chi connectivity index (χ3n) is 2.08. The lowest BCUT2D eigenvalue weighted by molar-refractivity contribution is 0.413. The predicted molar refractivity (Wildman–Crippen MR) is 57.8 cm³/mol. The highest BCUT2D eigenvalue weighted by Crippen LogP contribution is 2.21. The van der Waals surface area contributed by atoms with E-state index >= 15 is 0 Å². The lowest BCUT2D eigenvalue weighted by Gasteiger charge is -2.13. The first-order chi connectivity index (χ1) is 6.84. The molecule has 0 spiro atoms. The first kappa shape index (κ1) is 9.07. The zero-order chi connectivity index (χ0) is 9.80. The lowest BCUT2D eigenvalue weighted by Crippen LogP contribution is -1.99. The molecule has 0 fully saturated rings. The molecule has 1 aliphatic rings. The van der Waals surface area contributed by atoms with Gasteiger partial charge in [-0.25, -0.2) is 0 Å². The third kappa shape index (κ3) is 2.25. The first-order valence-corrected chi connectivity index (χ1v) is 4.78. The van der Waals surface area contributed by atoms with Crippen LogP contribution in [0.25, 0.3) is 0 Å². The smallest absolute Gasteiger partial charge is 0.126 e. The highest BCUT2D eigenvalue weighted by Gasteiger charge is 2.05. The summed E-state index contributed by atoms with van der Waals surface area (Å²) in [4.78, 5) is 0. The molecule has 0 atom stereocenters. The minimum absolute atomic E-state index is 0.881. The zero-order valence-corrected chi connectivity index (χ0v) is 8.23. The highest BCUT2D eigenvalue weighted by molar-refractivity contribution is 5.31. The van der Waals surface area contributed by atoms with Crippen molar-refractivity contribution in [1.82, 2.24) is 0 Å². The Morgan fingerprint density at radius 1 is 1.14 bits per heavy atom. The fourth-order valence-electron chi connectivity index (χ4n) is 1.43. The molecule has 0 saturated heterocycles. The Kier molecular flexibility index (Phi) is 2.68. The van der Waals surface area contributed by atoms with Crippen molar-refractivity contribution >= 4 is 0 Å². The Morgan fingerprint density at radius 3 is 2.64 bits per heavy atom. The summed E-state index contributed by atoms with van der Waals surface area (Å²) in [6, 6.07) is 9.87. The van der Waals surface area contributed by atoms with E-state index in [-0.39, 0.29) is 0 Å². The van der Waals surface area contributed by atoms with Crippen LogP contribution in [0.2, 0.25) is 0 Å². The summed E-state index contributed by atoms with van der Waals surface area (Å²) in [6.07, 6.45) is 7.19. The van der Waals surface area contributed by atoms with Crippen LogP contribution in [0, 0.1) is 5.92 Å². The van der Waals surface area contributed by atoms with Gasteiger partial charge in [0, 0.05) is 12.3 Å². The molecular weight excluding hydrogens is 172 g/mol. The van der Waals surface area contributed by atoms with Crippen LogP contribution in [0.1, 0.15) is 13.3 Å². The van der Waals surface area contributed by atoms with Gasteiger partial charge in [0.05, 0.1) is 0 Å². The van der Waals surface area contributed by atoms with Crippen molar-refractivity contribution in [3.8, 4) is 5.75 Å². The van der Waals surface area contributed by atoms with E-state index in [1.807, 2.05) is 30.3 Å². The largest absolute Gasteiger partial charge is 0.462 e. The highest BCUT2D eigenvalue weighted by atomic mass is 16.5. The first-order valence-electron chi connectivity index (χ1n) is 4.78. The Labute approximate surface area is 84.7 Å². The van der Waals surface area contributed by atoms with Crippen LogP contribution < -0.4 is 4.74 Å². The SMILES string of the molecule is C[C]1C=CCC(Oc2ccccc2)=C1. The van der Waals surface area contributed by atoms with Gasteiger partial charge in [-0.3, -0.25) is 0 Å². The van der Waals surface area contributed by atoms with E-state index in [9.17, 15) is 0 Å². The topological polar surface area (TPSA) is 9.23 Å². The molecule has 0 bridgehead atoms. The molecule has 1 heteroatoms. The van der Waals surface area contributed by atoms with Crippen molar-refractivity contribution < 1.29 is 4.74 Å². The molecule has 0 saturated carbocycles. The second-order valence-corrected chi connectivity index (χ2v) is 3.38. The van der Waals surface area contributed by atoms with Crippen LogP contribution in [-0.2, 0) is 0 Å². The molecule has 1 aromatic carbocycles. The molecule has 1 nitrogen and oxygen atoms in total. The summed E-state index contributed by atoms with van der Waals surface area (Å²) in [5.74, 6) is 3.15. The fourth-order valence-corrected chi connectivity index (χ4v) is 1.43. The van der Waals surface area contributed by atoms with Gasteiger partial charge in [-0.1, -0.05) is 37.3 Å². The molecule has 14 heavy (non-hydrogen) atoms. The van der Waals surface area contributed by atoms with E-state index in [4.69, 9.17) is 4.74 Å². The van der Waals surface area contributed by atoms with Crippen molar-refractivity contribution in [2.24, 2.45) is 0 Å². The summed E-state index contributed by atoms with van der Waals surface area (Å²) in [6.45, 7) is 2.07. The standard InChI is InChI=1S/C13H13O/c1-11-6-5-9-13(10-11)14-12-7-3-2-4-8-12/h2-8,10H,9H2,1H3. The van der Waals surface area contributed by atoms with Gasteiger partial charge in [-0.2, -0.15) is 0 Å². The normalized spacial score (nSPS) is 16.5. The minimum atomic E-state index is 0.881. The molecule has 1 aliphatic carbocycles. The predicted octanol–water partition coefficient (Wildman–Crippen LogP) is 3.50. The molecule has 71 valence electrons. The van der Waals surface area contributed by atoms with Gasteiger partial charge in [0.1, 0.15) is 11.5 Å². The molecule has 0 amide bonds. The van der Waals surface area contributed by atoms with Crippen LogP contribution in [0.15, 0.2) is 54.3 Å². The maximum Gasteiger partial charge on any atom is 0.126 e. The number of benzene rings is 1. The molecular formula is C13H13O. The molecule has 0 heterocycles. The maximum absolute atomic E-state index is 5.71. The van der Waals surface area contributed by atoms with Gasteiger partial charge in [0.25, 0.3) is 0 Å². The van der Waals surface area contributed by atoms with E-state index in [2.05, 4.69) is 25.2 Å². The Bertz CT molecular complexity index is 349.